The first kappa shape index (κ1) is 22.0. The van der Waals surface area contributed by atoms with E-state index < -0.39 is 0 Å². The molecule has 27 heavy (non-hydrogen) atoms. The molecular weight excluding hydrogens is 378 g/mol. The number of nitrogens with one attached hydrogen (secondary N) is 1. The number of carbonyl (C=O) groups is 1. The van der Waals surface area contributed by atoms with Crippen LogP contribution in [0.1, 0.15) is 58.4 Å². The number of thiophene rings is 1. The number of hydrogen-bond donors (Lipinski definition) is 1. The SMILES string of the molecule is CCC(C)Cc1c(C)sc2nc(SCC(=O)N(C(C)C)C(C)C)[nH]c(=O)c12. The number of H-pyrrole nitrogens is 1. The molecule has 0 aliphatic rings. The largest absolute Gasteiger partial charge is 0.337 e. The van der Waals surface area contributed by atoms with E-state index in [4.69, 9.17) is 0 Å². The van der Waals surface area contributed by atoms with Crippen molar-refractivity contribution in [3.05, 3.63) is 20.8 Å². The van der Waals surface area contributed by atoms with Crippen LogP contribution in [-0.2, 0) is 11.2 Å². The van der Waals surface area contributed by atoms with Gasteiger partial charge in [0.15, 0.2) is 5.16 Å². The third kappa shape index (κ3) is 5.13. The molecule has 0 radical (unpaired) electrons. The van der Waals surface area contributed by atoms with Gasteiger partial charge in [-0.15, -0.1) is 11.3 Å². The first-order valence-corrected chi connectivity index (χ1v) is 11.4. The van der Waals surface area contributed by atoms with Gasteiger partial charge in [0.25, 0.3) is 5.56 Å². The zero-order valence-corrected chi connectivity index (χ0v) is 19.0. The summed E-state index contributed by atoms with van der Waals surface area (Å²) in [6.07, 6.45) is 1.98. The van der Waals surface area contributed by atoms with E-state index in [1.165, 1.54) is 11.8 Å². The summed E-state index contributed by atoms with van der Waals surface area (Å²) >= 11 is 2.87. The van der Waals surface area contributed by atoms with Gasteiger partial charge in [-0.2, -0.15) is 0 Å². The van der Waals surface area contributed by atoms with Crippen LogP contribution in [0.4, 0.5) is 0 Å². The van der Waals surface area contributed by atoms with Crippen molar-refractivity contribution in [3.63, 3.8) is 0 Å². The fourth-order valence-corrected chi connectivity index (χ4v) is 5.18. The van der Waals surface area contributed by atoms with Gasteiger partial charge in [0.2, 0.25) is 5.91 Å². The Morgan fingerprint density at radius 3 is 2.41 bits per heavy atom. The Morgan fingerprint density at radius 2 is 1.85 bits per heavy atom. The number of rotatable bonds is 8. The number of carbonyl (C=O) groups excluding carboxylic acids is 1. The summed E-state index contributed by atoms with van der Waals surface area (Å²) in [6.45, 7) is 14.5. The first-order chi connectivity index (χ1) is 12.6. The van der Waals surface area contributed by atoms with Crippen molar-refractivity contribution in [3.8, 4) is 0 Å². The summed E-state index contributed by atoms with van der Waals surface area (Å²) in [7, 11) is 0. The minimum absolute atomic E-state index is 0.0626. The molecule has 7 heteroatoms. The summed E-state index contributed by atoms with van der Waals surface area (Å²) in [4.78, 5) is 36.6. The van der Waals surface area contributed by atoms with Gasteiger partial charge in [-0.3, -0.25) is 9.59 Å². The van der Waals surface area contributed by atoms with Crippen LogP contribution in [0.2, 0.25) is 0 Å². The molecule has 0 aliphatic heterocycles. The van der Waals surface area contributed by atoms with Crippen LogP contribution in [0.15, 0.2) is 9.95 Å². The zero-order chi connectivity index (χ0) is 20.3. The molecule has 1 N–H and O–H groups in total. The van der Waals surface area contributed by atoms with Crippen molar-refractivity contribution in [2.75, 3.05) is 5.75 Å². The van der Waals surface area contributed by atoms with Gasteiger partial charge in [-0.25, -0.2) is 4.98 Å². The van der Waals surface area contributed by atoms with E-state index in [9.17, 15) is 9.59 Å². The molecule has 2 aromatic heterocycles. The summed E-state index contributed by atoms with van der Waals surface area (Å²) in [5.41, 5.74) is 1.03. The Kier molecular flexibility index (Phi) is 7.51. The fraction of sp³-hybridized carbons (Fsp3) is 0.650. The van der Waals surface area contributed by atoms with E-state index in [0.29, 0.717) is 11.1 Å². The molecule has 0 aromatic carbocycles. The predicted octanol–water partition coefficient (Wildman–Crippen LogP) is 4.62. The molecule has 0 aliphatic carbocycles. The number of nitrogens with zero attached hydrogens (tertiary/aromatic N) is 2. The monoisotopic (exact) mass is 409 g/mol. The summed E-state index contributed by atoms with van der Waals surface area (Å²) in [5.74, 6) is 0.868. The number of hydrogen-bond acceptors (Lipinski definition) is 5. The minimum Gasteiger partial charge on any atom is -0.337 e. The molecule has 2 rings (SSSR count). The van der Waals surface area contributed by atoms with Crippen LogP contribution in [0.5, 0.6) is 0 Å². The lowest BCUT2D eigenvalue weighted by Crippen LogP contribution is -2.43. The fourth-order valence-electron chi connectivity index (χ4n) is 3.34. The van der Waals surface area contributed by atoms with E-state index in [-0.39, 0.29) is 29.3 Å². The number of amides is 1. The van der Waals surface area contributed by atoms with Crippen molar-refractivity contribution in [1.29, 1.82) is 0 Å². The Balaban J connectivity index is 2.24. The minimum atomic E-state index is -0.0952. The van der Waals surface area contributed by atoms with Crippen LogP contribution in [0, 0.1) is 12.8 Å². The van der Waals surface area contributed by atoms with Crippen molar-refractivity contribution in [2.24, 2.45) is 5.92 Å². The topological polar surface area (TPSA) is 66.1 Å². The second kappa shape index (κ2) is 9.24. The normalized spacial score (nSPS) is 12.9. The summed E-state index contributed by atoms with van der Waals surface area (Å²) in [6, 6.07) is 0.297. The number of thioether (sulfide) groups is 1. The van der Waals surface area contributed by atoms with Crippen LogP contribution in [0.3, 0.4) is 0 Å². The van der Waals surface area contributed by atoms with E-state index in [1.54, 1.807) is 11.3 Å². The summed E-state index contributed by atoms with van der Waals surface area (Å²) in [5, 5.41) is 1.24. The molecule has 0 fully saturated rings. The Labute approximate surface area is 170 Å². The molecule has 150 valence electrons. The highest BCUT2D eigenvalue weighted by atomic mass is 32.2. The smallest absolute Gasteiger partial charge is 0.260 e. The van der Waals surface area contributed by atoms with Gasteiger partial charge in [-0.1, -0.05) is 32.0 Å². The number of aryl methyl sites for hydroxylation is 1. The molecule has 0 saturated heterocycles. The standard InChI is InChI=1S/C20H31N3O2S2/c1-8-13(6)9-15-14(7)27-19-17(15)18(25)21-20(22-19)26-10-16(24)23(11(2)3)12(4)5/h11-13H,8-10H2,1-7H3,(H,21,22,25). The van der Waals surface area contributed by atoms with Crippen LogP contribution < -0.4 is 5.56 Å². The van der Waals surface area contributed by atoms with Gasteiger partial charge < -0.3 is 9.88 Å². The van der Waals surface area contributed by atoms with E-state index in [2.05, 4.69) is 30.7 Å². The Hall–Kier alpha value is -1.34. The number of aromatic amines is 1. The molecule has 1 amide bonds. The maximum absolute atomic E-state index is 12.7. The second-order valence-corrected chi connectivity index (χ2v) is 9.85. The highest BCUT2D eigenvalue weighted by Gasteiger charge is 2.21. The van der Waals surface area contributed by atoms with Gasteiger partial charge in [-0.05, 0) is 52.5 Å². The van der Waals surface area contributed by atoms with Crippen LogP contribution >= 0.6 is 23.1 Å². The average molecular weight is 410 g/mol. The molecule has 2 aromatic rings. The van der Waals surface area contributed by atoms with Gasteiger partial charge in [0.05, 0.1) is 11.1 Å². The molecule has 1 unspecified atom stereocenters. The summed E-state index contributed by atoms with van der Waals surface area (Å²) < 4.78 is 0. The Bertz CT molecular complexity index is 847. The van der Waals surface area contributed by atoms with Crippen molar-refractivity contribution < 1.29 is 4.79 Å². The lowest BCUT2D eigenvalue weighted by atomic mass is 9.98. The first-order valence-electron chi connectivity index (χ1n) is 9.61. The molecule has 1 atom stereocenters. The molecule has 0 spiro atoms. The molecule has 0 bridgehead atoms. The van der Waals surface area contributed by atoms with E-state index in [0.717, 1.165) is 33.5 Å². The molecule has 2 heterocycles. The number of aromatic nitrogens is 2. The molecule has 5 nitrogen and oxygen atoms in total. The highest BCUT2D eigenvalue weighted by molar-refractivity contribution is 7.99. The van der Waals surface area contributed by atoms with Gasteiger partial charge >= 0.3 is 0 Å². The maximum Gasteiger partial charge on any atom is 0.260 e. The van der Waals surface area contributed by atoms with Crippen molar-refractivity contribution >= 4 is 39.2 Å². The number of fused-ring (bicyclic) bond motifs is 1. The van der Waals surface area contributed by atoms with Crippen molar-refractivity contribution in [1.82, 2.24) is 14.9 Å². The lowest BCUT2D eigenvalue weighted by molar-refractivity contribution is -0.131. The van der Waals surface area contributed by atoms with Crippen LogP contribution in [-0.4, -0.2) is 38.6 Å². The predicted molar refractivity (Wildman–Crippen MR) is 116 cm³/mol. The zero-order valence-electron chi connectivity index (χ0n) is 17.4. The molecular formula is C20H31N3O2S2. The highest BCUT2D eigenvalue weighted by Crippen LogP contribution is 2.30. The average Bonchev–Trinajstić information content (AvgIpc) is 2.88. The second-order valence-electron chi connectivity index (χ2n) is 7.68. The Morgan fingerprint density at radius 1 is 1.22 bits per heavy atom. The lowest BCUT2D eigenvalue weighted by Gasteiger charge is -2.30. The van der Waals surface area contributed by atoms with Gasteiger partial charge in [0.1, 0.15) is 4.83 Å². The molecule has 0 saturated carbocycles. The third-order valence-corrected chi connectivity index (χ3v) is 6.72. The van der Waals surface area contributed by atoms with E-state index in [1.807, 2.05) is 32.6 Å². The van der Waals surface area contributed by atoms with E-state index >= 15 is 0 Å². The maximum atomic E-state index is 12.7. The van der Waals surface area contributed by atoms with Crippen LogP contribution in [0.25, 0.3) is 10.2 Å². The van der Waals surface area contributed by atoms with Crippen molar-refractivity contribution in [2.45, 2.75) is 78.5 Å². The quantitative estimate of drug-likeness (QED) is 0.510. The van der Waals surface area contributed by atoms with Gasteiger partial charge in [0, 0.05) is 17.0 Å². The third-order valence-electron chi connectivity index (χ3n) is 4.82.